The van der Waals surface area contributed by atoms with E-state index < -0.39 is 0 Å². The maximum Gasteiger partial charge on any atom is 0.225 e. The van der Waals surface area contributed by atoms with Gasteiger partial charge in [0.1, 0.15) is 0 Å². The molecule has 2 aliphatic rings. The second-order valence-electron chi connectivity index (χ2n) is 8.06. The molecule has 0 bridgehead atoms. The van der Waals surface area contributed by atoms with Gasteiger partial charge in [-0.1, -0.05) is 12.5 Å². The van der Waals surface area contributed by atoms with E-state index in [-0.39, 0.29) is 36.6 Å². The highest BCUT2D eigenvalue weighted by Gasteiger charge is 2.15. The van der Waals surface area contributed by atoms with E-state index in [1.165, 1.54) is 19.3 Å². The van der Waals surface area contributed by atoms with Crippen LogP contribution in [-0.2, 0) is 9.59 Å². The summed E-state index contributed by atoms with van der Waals surface area (Å²) in [6.45, 7) is 5.15. The summed E-state index contributed by atoms with van der Waals surface area (Å²) < 4.78 is 0. The molecule has 30 heavy (non-hydrogen) atoms. The van der Waals surface area contributed by atoms with Crippen molar-refractivity contribution in [2.24, 2.45) is 5.92 Å². The summed E-state index contributed by atoms with van der Waals surface area (Å²) >= 11 is 0. The Balaban J connectivity index is 0.00000225. The number of nitrogens with zero attached hydrogens (tertiary/aromatic N) is 1. The van der Waals surface area contributed by atoms with Crippen molar-refractivity contribution in [1.29, 1.82) is 0 Å². The number of hydrogen-bond acceptors (Lipinski definition) is 4. The maximum atomic E-state index is 12.2. The fraction of sp³-hybridized carbons (Fsp3) is 0.636. The van der Waals surface area contributed by atoms with Gasteiger partial charge in [-0.3, -0.25) is 9.59 Å². The van der Waals surface area contributed by atoms with Gasteiger partial charge in [-0.15, -0.1) is 24.8 Å². The van der Waals surface area contributed by atoms with Gasteiger partial charge in [-0.2, -0.15) is 0 Å². The van der Waals surface area contributed by atoms with Gasteiger partial charge >= 0.3 is 0 Å². The Hall–Kier alpha value is -1.34. The van der Waals surface area contributed by atoms with Crippen molar-refractivity contribution in [1.82, 2.24) is 10.2 Å². The molecule has 6 nitrogen and oxygen atoms in total. The van der Waals surface area contributed by atoms with Crippen LogP contribution >= 0.6 is 24.8 Å². The molecule has 0 aromatic heterocycles. The molecule has 2 fully saturated rings. The number of benzene rings is 1. The highest BCUT2D eigenvalue weighted by Crippen LogP contribution is 2.20. The summed E-state index contributed by atoms with van der Waals surface area (Å²) in [4.78, 5) is 26.8. The molecule has 0 spiro atoms. The van der Waals surface area contributed by atoms with Gasteiger partial charge in [0.05, 0.1) is 0 Å². The predicted octanol–water partition coefficient (Wildman–Crippen LogP) is 4.06. The number of carbonyl (C=O) groups excluding carboxylic acids is 2. The van der Waals surface area contributed by atoms with E-state index in [9.17, 15) is 9.59 Å². The zero-order chi connectivity index (χ0) is 19.6. The number of rotatable bonds is 8. The van der Waals surface area contributed by atoms with E-state index >= 15 is 0 Å². The lowest BCUT2D eigenvalue weighted by Gasteiger charge is -2.25. The molecule has 8 heteroatoms. The fourth-order valence-electron chi connectivity index (χ4n) is 4.07. The molecule has 2 saturated heterocycles. The lowest BCUT2D eigenvalue weighted by molar-refractivity contribution is -0.117. The number of piperidine rings is 2. The third-order valence-corrected chi connectivity index (χ3v) is 5.77. The first-order valence-electron chi connectivity index (χ1n) is 10.8. The number of hydrogen-bond donors (Lipinski definition) is 3. The van der Waals surface area contributed by atoms with E-state index in [1.807, 2.05) is 24.3 Å². The first-order chi connectivity index (χ1) is 13.7. The summed E-state index contributed by atoms with van der Waals surface area (Å²) in [7, 11) is 0. The standard InChI is InChI=1S/C22H34N4O2.2ClH/c27-21(8-7-18-9-12-23-13-10-18)24-19-5-4-6-20(17-19)25-22(28)11-16-26-14-2-1-3-15-26;;/h4-6,17-18,23H,1-3,7-16H2,(H,24,27)(H,25,28);2*1H. The minimum Gasteiger partial charge on any atom is -0.326 e. The fourth-order valence-corrected chi connectivity index (χ4v) is 4.07. The molecule has 0 atom stereocenters. The quantitative estimate of drug-likeness (QED) is 0.548. The molecular weight excluding hydrogens is 423 g/mol. The van der Waals surface area contributed by atoms with Crippen molar-refractivity contribution in [3.63, 3.8) is 0 Å². The Morgan fingerprint density at radius 2 is 1.53 bits per heavy atom. The molecule has 0 unspecified atom stereocenters. The van der Waals surface area contributed by atoms with Crippen molar-refractivity contribution in [3.8, 4) is 0 Å². The molecule has 1 aromatic carbocycles. The van der Waals surface area contributed by atoms with Gasteiger partial charge < -0.3 is 20.9 Å². The van der Waals surface area contributed by atoms with Gasteiger partial charge in [-0.25, -0.2) is 0 Å². The van der Waals surface area contributed by atoms with Gasteiger partial charge in [0, 0.05) is 30.8 Å². The Kier molecular flexibility index (Phi) is 13.0. The molecule has 2 heterocycles. The van der Waals surface area contributed by atoms with Crippen LogP contribution in [0.2, 0.25) is 0 Å². The van der Waals surface area contributed by atoms with E-state index in [0.717, 1.165) is 63.4 Å². The van der Waals surface area contributed by atoms with Crippen molar-refractivity contribution in [2.75, 3.05) is 43.4 Å². The Morgan fingerprint density at radius 3 is 2.17 bits per heavy atom. The second-order valence-corrected chi connectivity index (χ2v) is 8.06. The first kappa shape index (κ1) is 26.7. The Bertz CT molecular complexity index is 597. The number of nitrogens with one attached hydrogen (secondary N) is 3. The topological polar surface area (TPSA) is 73.5 Å². The average Bonchev–Trinajstić information content (AvgIpc) is 2.72. The molecule has 0 radical (unpaired) electrons. The molecule has 3 rings (SSSR count). The van der Waals surface area contributed by atoms with Crippen molar-refractivity contribution in [2.45, 2.75) is 51.4 Å². The number of amides is 2. The van der Waals surface area contributed by atoms with Crippen LogP contribution < -0.4 is 16.0 Å². The molecular formula is C22H36Cl2N4O2. The molecule has 0 aliphatic carbocycles. The number of carbonyl (C=O) groups is 2. The summed E-state index contributed by atoms with van der Waals surface area (Å²) in [5.41, 5.74) is 1.48. The van der Waals surface area contributed by atoms with Crippen molar-refractivity contribution < 1.29 is 9.59 Å². The van der Waals surface area contributed by atoms with Crippen LogP contribution in [0.25, 0.3) is 0 Å². The summed E-state index contributed by atoms with van der Waals surface area (Å²) in [6, 6.07) is 7.43. The first-order valence-corrected chi connectivity index (χ1v) is 10.8. The van der Waals surface area contributed by atoms with Crippen LogP contribution in [0.4, 0.5) is 11.4 Å². The normalized spacial score (nSPS) is 17.3. The minimum atomic E-state index is 0. The number of halogens is 2. The average molecular weight is 459 g/mol. The minimum absolute atomic E-state index is 0. The lowest BCUT2D eigenvalue weighted by atomic mass is 9.93. The van der Waals surface area contributed by atoms with Crippen LogP contribution in [0, 0.1) is 5.92 Å². The Labute approximate surface area is 192 Å². The second kappa shape index (κ2) is 14.6. The molecule has 170 valence electrons. The van der Waals surface area contributed by atoms with E-state index in [1.54, 1.807) is 0 Å². The van der Waals surface area contributed by atoms with Crippen molar-refractivity contribution >= 4 is 48.0 Å². The predicted molar refractivity (Wildman–Crippen MR) is 128 cm³/mol. The zero-order valence-electron chi connectivity index (χ0n) is 17.7. The van der Waals surface area contributed by atoms with Crippen LogP contribution in [0.1, 0.15) is 51.4 Å². The smallest absolute Gasteiger partial charge is 0.225 e. The molecule has 1 aromatic rings. The van der Waals surface area contributed by atoms with Crippen LogP contribution in [0.15, 0.2) is 24.3 Å². The SMILES string of the molecule is Cl.Cl.O=C(CCC1CCNCC1)Nc1cccc(NC(=O)CCN2CCCCC2)c1. The lowest BCUT2D eigenvalue weighted by Crippen LogP contribution is -2.32. The van der Waals surface area contributed by atoms with Crippen LogP contribution in [-0.4, -0.2) is 49.4 Å². The summed E-state index contributed by atoms with van der Waals surface area (Å²) in [5, 5.41) is 9.27. The summed E-state index contributed by atoms with van der Waals surface area (Å²) in [5.74, 6) is 0.726. The molecule has 2 aliphatic heterocycles. The third kappa shape index (κ3) is 9.65. The van der Waals surface area contributed by atoms with Gasteiger partial charge in [-0.05, 0) is 82.4 Å². The number of anilines is 2. The molecule has 2 amide bonds. The van der Waals surface area contributed by atoms with E-state index in [4.69, 9.17) is 0 Å². The highest BCUT2D eigenvalue weighted by atomic mass is 35.5. The largest absolute Gasteiger partial charge is 0.326 e. The number of likely N-dealkylation sites (tertiary alicyclic amines) is 1. The summed E-state index contributed by atoms with van der Waals surface area (Å²) in [6.07, 6.45) is 8.10. The Morgan fingerprint density at radius 1 is 0.933 bits per heavy atom. The molecule has 3 N–H and O–H groups in total. The van der Waals surface area contributed by atoms with E-state index in [0.29, 0.717) is 18.8 Å². The monoisotopic (exact) mass is 458 g/mol. The molecule has 0 saturated carbocycles. The zero-order valence-corrected chi connectivity index (χ0v) is 19.3. The van der Waals surface area contributed by atoms with Gasteiger partial charge in [0.25, 0.3) is 0 Å². The van der Waals surface area contributed by atoms with Gasteiger partial charge in [0.2, 0.25) is 11.8 Å². The third-order valence-electron chi connectivity index (χ3n) is 5.77. The van der Waals surface area contributed by atoms with E-state index in [2.05, 4.69) is 20.9 Å². The maximum absolute atomic E-state index is 12.2. The van der Waals surface area contributed by atoms with Crippen LogP contribution in [0.3, 0.4) is 0 Å². The van der Waals surface area contributed by atoms with Gasteiger partial charge in [0.15, 0.2) is 0 Å². The highest BCUT2D eigenvalue weighted by molar-refractivity contribution is 5.94. The van der Waals surface area contributed by atoms with Crippen molar-refractivity contribution in [3.05, 3.63) is 24.3 Å². The van der Waals surface area contributed by atoms with Crippen LogP contribution in [0.5, 0.6) is 0 Å².